The molecule has 0 saturated carbocycles. The molecule has 1 rings (SSSR count). The van der Waals surface area contributed by atoms with Crippen LogP contribution in [-0.2, 0) is 20.8 Å². The van der Waals surface area contributed by atoms with Crippen LogP contribution in [0.25, 0.3) is 0 Å². The van der Waals surface area contributed by atoms with Crippen molar-refractivity contribution in [1.82, 2.24) is 16.0 Å². The molecule has 0 aliphatic rings. The lowest BCUT2D eigenvalue weighted by atomic mass is 10.1. The second-order valence-corrected chi connectivity index (χ2v) is 4.79. The number of benzene rings is 1. The maximum atomic E-state index is 11.5. The van der Waals surface area contributed by atoms with Gasteiger partial charge in [-0.3, -0.25) is 14.4 Å². The summed E-state index contributed by atoms with van der Waals surface area (Å²) >= 11 is 0. The van der Waals surface area contributed by atoms with Crippen LogP contribution in [-0.4, -0.2) is 48.4 Å². The van der Waals surface area contributed by atoms with E-state index in [0.29, 0.717) is 13.0 Å². The number of nitrogens with one attached hydrogen (secondary N) is 3. The first-order valence-electron chi connectivity index (χ1n) is 6.98. The Hall–Kier alpha value is -2.90. The highest BCUT2D eigenvalue weighted by Gasteiger charge is 2.06. The average Bonchev–Trinajstić information content (AvgIpc) is 2.51. The molecular formula is C15H19N3O5. The Morgan fingerprint density at radius 2 is 1.65 bits per heavy atom. The van der Waals surface area contributed by atoms with Crippen LogP contribution in [0.15, 0.2) is 24.3 Å². The smallest absolute Gasteiger partial charge is 0.335 e. The van der Waals surface area contributed by atoms with Gasteiger partial charge in [0.25, 0.3) is 0 Å². The Morgan fingerprint density at radius 3 is 2.30 bits per heavy atom. The van der Waals surface area contributed by atoms with Crippen molar-refractivity contribution in [2.75, 3.05) is 19.6 Å². The van der Waals surface area contributed by atoms with Crippen LogP contribution in [0, 0.1) is 0 Å². The van der Waals surface area contributed by atoms with Gasteiger partial charge in [-0.2, -0.15) is 0 Å². The molecule has 8 nitrogen and oxygen atoms in total. The van der Waals surface area contributed by atoms with E-state index in [1.807, 2.05) is 0 Å². The highest BCUT2D eigenvalue weighted by molar-refractivity contribution is 5.88. The standard InChI is InChI=1S/C15H19N3O5/c1-10(19)17-8-14(21)18-9-13(20)16-6-5-11-3-2-4-12(7-11)15(22)23/h2-4,7H,5-6,8-9H2,1H3,(H,16,20)(H,17,19)(H,18,21)(H,22,23). The Balaban J connectivity index is 2.26. The first-order valence-corrected chi connectivity index (χ1v) is 6.98. The second-order valence-electron chi connectivity index (χ2n) is 4.79. The zero-order valence-corrected chi connectivity index (χ0v) is 12.7. The molecule has 0 saturated heterocycles. The molecule has 124 valence electrons. The van der Waals surface area contributed by atoms with Crippen LogP contribution < -0.4 is 16.0 Å². The zero-order valence-electron chi connectivity index (χ0n) is 12.7. The van der Waals surface area contributed by atoms with Gasteiger partial charge in [0.05, 0.1) is 18.7 Å². The minimum absolute atomic E-state index is 0.176. The first kappa shape index (κ1) is 18.1. The third-order valence-corrected chi connectivity index (χ3v) is 2.85. The molecule has 4 N–H and O–H groups in total. The van der Waals surface area contributed by atoms with Gasteiger partial charge in [0, 0.05) is 13.5 Å². The van der Waals surface area contributed by atoms with E-state index in [1.165, 1.54) is 13.0 Å². The molecule has 1 aromatic carbocycles. The summed E-state index contributed by atoms with van der Waals surface area (Å²) in [6.45, 7) is 1.25. The SMILES string of the molecule is CC(=O)NCC(=O)NCC(=O)NCCc1cccc(C(=O)O)c1. The molecule has 0 unspecified atom stereocenters. The van der Waals surface area contributed by atoms with Crippen molar-refractivity contribution in [3.05, 3.63) is 35.4 Å². The second kappa shape index (κ2) is 9.19. The summed E-state index contributed by atoms with van der Waals surface area (Å²) in [5.74, 6) is -2.15. The van der Waals surface area contributed by atoms with Crippen LogP contribution in [0.1, 0.15) is 22.8 Å². The van der Waals surface area contributed by atoms with E-state index in [0.717, 1.165) is 5.56 Å². The lowest BCUT2D eigenvalue weighted by Gasteiger charge is -2.07. The number of carboxylic acids is 1. The average molecular weight is 321 g/mol. The largest absolute Gasteiger partial charge is 0.478 e. The van der Waals surface area contributed by atoms with E-state index in [9.17, 15) is 19.2 Å². The summed E-state index contributed by atoms with van der Waals surface area (Å²) in [5, 5.41) is 16.2. The number of hydrogen-bond acceptors (Lipinski definition) is 4. The minimum atomic E-state index is -1.00. The highest BCUT2D eigenvalue weighted by Crippen LogP contribution is 2.05. The maximum Gasteiger partial charge on any atom is 0.335 e. The van der Waals surface area contributed by atoms with Crippen molar-refractivity contribution in [2.24, 2.45) is 0 Å². The van der Waals surface area contributed by atoms with E-state index in [2.05, 4.69) is 16.0 Å². The third kappa shape index (κ3) is 7.60. The van der Waals surface area contributed by atoms with Crippen LogP contribution >= 0.6 is 0 Å². The van der Waals surface area contributed by atoms with Crippen LogP contribution in [0.4, 0.5) is 0 Å². The molecule has 3 amide bonds. The molecule has 8 heteroatoms. The topological polar surface area (TPSA) is 125 Å². The van der Waals surface area contributed by atoms with E-state index in [4.69, 9.17) is 5.11 Å². The lowest BCUT2D eigenvalue weighted by Crippen LogP contribution is -2.41. The van der Waals surface area contributed by atoms with Gasteiger partial charge in [0.2, 0.25) is 17.7 Å². The number of rotatable bonds is 8. The third-order valence-electron chi connectivity index (χ3n) is 2.85. The fourth-order valence-electron chi connectivity index (χ4n) is 1.71. The van der Waals surface area contributed by atoms with Gasteiger partial charge in [-0.15, -0.1) is 0 Å². The summed E-state index contributed by atoms with van der Waals surface area (Å²) in [5.41, 5.74) is 0.985. The quantitative estimate of drug-likeness (QED) is 0.504. The molecule has 0 aromatic heterocycles. The number of hydrogen-bond donors (Lipinski definition) is 4. The molecule has 0 aliphatic carbocycles. The first-order chi connectivity index (χ1) is 10.9. The Morgan fingerprint density at radius 1 is 1.00 bits per heavy atom. The molecule has 23 heavy (non-hydrogen) atoms. The summed E-state index contributed by atoms with van der Waals surface area (Å²) in [7, 11) is 0. The minimum Gasteiger partial charge on any atom is -0.478 e. The number of carbonyl (C=O) groups is 4. The molecule has 0 heterocycles. The highest BCUT2D eigenvalue weighted by atomic mass is 16.4. The Labute approximate surface area is 133 Å². The zero-order chi connectivity index (χ0) is 17.2. The predicted octanol–water partition coefficient (Wildman–Crippen LogP) is -0.704. The van der Waals surface area contributed by atoms with Crippen molar-refractivity contribution in [3.8, 4) is 0 Å². The van der Waals surface area contributed by atoms with E-state index in [-0.39, 0.29) is 30.5 Å². The molecule has 0 fully saturated rings. The molecular weight excluding hydrogens is 302 g/mol. The summed E-state index contributed by atoms with van der Waals surface area (Å²) in [6.07, 6.45) is 0.479. The van der Waals surface area contributed by atoms with Crippen molar-refractivity contribution in [1.29, 1.82) is 0 Å². The summed E-state index contributed by atoms with van der Waals surface area (Å²) < 4.78 is 0. The molecule has 0 bridgehead atoms. The van der Waals surface area contributed by atoms with Crippen LogP contribution in [0.3, 0.4) is 0 Å². The summed E-state index contributed by atoms with van der Waals surface area (Å²) in [4.78, 5) is 44.3. The van der Waals surface area contributed by atoms with Crippen molar-refractivity contribution < 1.29 is 24.3 Å². The Kier molecular flexibility index (Phi) is 7.25. The summed E-state index contributed by atoms with van der Waals surface area (Å²) in [6, 6.07) is 6.45. The van der Waals surface area contributed by atoms with Gasteiger partial charge in [0.1, 0.15) is 0 Å². The van der Waals surface area contributed by atoms with Crippen molar-refractivity contribution in [2.45, 2.75) is 13.3 Å². The van der Waals surface area contributed by atoms with Crippen molar-refractivity contribution in [3.63, 3.8) is 0 Å². The molecule has 0 atom stereocenters. The molecule has 0 radical (unpaired) electrons. The normalized spacial score (nSPS) is 9.78. The van der Waals surface area contributed by atoms with E-state index >= 15 is 0 Å². The number of amides is 3. The number of carbonyl (C=O) groups excluding carboxylic acids is 3. The Bertz CT molecular complexity index is 601. The predicted molar refractivity (Wildman–Crippen MR) is 81.8 cm³/mol. The van der Waals surface area contributed by atoms with E-state index < -0.39 is 11.9 Å². The van der Waals surface area contributed by atoms with Crippen LogP contribution in [0.5, 0.6) is 0 Å². The van der Waals surface area contributed by atoms with Gasteiger partial charge in [0.15, 0.2) is 0 Å². The van der Waals surface area contributed by atoms with Crippen LogP contribution in [0.2, 0.25) is 0 Å². The van der Waals surface area contributed by atoms with Gasteiger partial charge in [-0.25, -0.2) is 4.79 Å². The van der Waals surface area contributed by atoms with Gasteiger partial charge in [-0.1, -0.05) is 12.1 Å². The lowest BCUT2D eigenvalue weighted by molar-refractivity contribution is -0.127. The molecule has 0 spiro atoms. The van der Waals surface area contributed by atoms with Gasteiger partial charge in [-0.05, 0) is 24.1 Å². The number of aromatic carboxylic acids is 1. The van der Waals surface area contributed by atoms with Gasteiger partial charge >= 0.3 is 5.97 Å². The van der Waals surface area contributed by atoms with E-state index in [1.54, 1.807) is 18.2 Å². The van der Waals surface area contributed by atoms with Gasteiger partial charge < -0.3 is 21.1 Å². The fraction of sp³-hybridized carbons (Fsp3) is 0.333. The maximum absolute atomic E-state index is 11.5. The monoisotopic (exact) mass is 321 g/mol. The molecule has 1 aromatic rings. The van der Waals surface area contributed by atoms with Crippen molar-refractivity contribution >= 4 is 23.7 Å². The molecule has 0 aliphatic heterocycles. The fourth-order valence-corrected chi connectivity index (χ4v) is 1.71. The number of carboxylic acid groups (broad SMARTS) is 1.